The topological polar surface area (TPSA) is 209 Å². The molecule has 12 nitrogen and oxygen atoms in total. The molecule has 0 spiro atoms. The van der Waals surface area contributed by atoms with Crippen molar-refractivity contribution in [2.45, 2.75) is 57.3 Å². The number of para-hydroxylation sites is 1. The molecule has 1 aromatic heterocycles. The Kier molecular flexibility index (Phi) is 10.6. The highest BCUT2D eigenvalue weighted by molar-refractivity contribution is 5.96. The van der Waals surface area contributed by atoms with Gasteiger partial charge in [-0.05, 0) is 29.5 Å². The number of carbonyl (C=O) groups excluding carboxylic acids is 4. The number of amides is 4. The Bertz CT molecular complexity index is 1390. The SMILES string of the molecule is CC(C)C(NC(=O)C(Cc1ccccc1)NC(=O)C(CC(N)=O)NC(=O)C(N)Cc1c[nH]c2ccccc12)C(=O)O. The molecule has 4 unspecified atom stereocenters. The fourth-order valence-electron chi connectivity index (χ4n) is 4.42. The van der Waals surface area contributed by atoms with Crippen molar-refractivity contribution in [1.82, 2.24) is 20.9 Å². The smallest absolute Gasteiger partial charge is 0.326 e. The number of benzene rings is 2. The minimum atomic E-state index is -1.42. The molecule has 0 radical (unpaired) electrons. The number of fused-ring (bicyclic) bond motifs is 1. The molecule has 1 heterocycles. The Morgan fingerprint density at radius 2 is 1.44 bits per heavy atom. The van der Waals surface area contributed by atoms with Gasteiger partial charge in [0.25, 0.3) is 0 Å². The van der Waals surface area contributed by atoms with Gasteiger partial charge in [-0.15, -0.1) is 0 Å². The van der Waals surface area contributed by atoms with E-state index in [2.05, 4.69) is 20.9 Å². The molecule has 3 rings (SSSR count). The molecular formula is C29H36N6O6. The number of carbonyl (C=O) groups is 5. The van der Waals surface area contributed by atoms with Crippen molar-refractivity contribution in [1.29, 1.82) is 0 Å². The third-order valence-corrected chi connectivity index (χ3v) is 6.64. The fourth-order valence-corrected chi connectivity index (χ4v) is 4.42. The first kappa shape index (κ1) is 30.8. The molecule has 0 bridgehead atoms. The molecule has 218 valence electrons. The fraction of sp³-hybridized carbons (Fsp3) is 0.345. The number of carboxylic acid groups (broad SMARTS) is 1. The van der Waals surface area contributed by atoms with Crippen LogP contribution in [0.25, 0.3) is 10.9 Å². The minimum Gasteiger partial charge on any atom is -0.480 e. The first-order chi connectivity index (χ1) is 19.5. The number of rotatable bonds is 14. The normalized spacial score (nSPS) is 14.0. The van der Waals surface area contributed by atoms with Gasteiger partial charge in [-0.2, -0.15) is 0 Å². The lowest BCUT2D eigenvalue weighted by Crippen LogP contribution is -2.58. The number of aromatic nitrogens is 1. The zero-order valence-electron chi connectivity index (χ0n) is 22.9. The van der Waals surface area contributed by atoms with E-state index in [1.807, 2.05) is 24.3 Å². The van der Waals surface area contributed by atoms with Crippen LogP contribution in [0, 0.1) is 5.92 Å². The van der Waals surface area contributed by atoms with E-state index in [0.717, 1.165) is 16.5 Å². The van der Waals surface area contributed by atoms with Crippen molar-refractivity contribution >= 4 is 40.5 Å². The molecule has 0 saturated carbocycles. The first-order valence-electron chi connectivity index (χ1n) is 13.2. The van der Waals surface area contributed by atoms with E-state index < -0.39 is 66.1 Å². The van der Waals surface area contributed by atoms with Crippen LogP contribution in [0.15, 0.2) is 60.8 Å². The van der Waals surface area contributed by atoms with E-state index in [-0.39, 0.29) is 12.8 Å². The lowest BCUT2D eigenvalue weighted by molar-refractivity contribution is -0.143. The number of hydrogen-bond donors (Lipinski definition) is 7. The van der Waals surface area contributed by atoms with Crippen LogP contribution in [-0.2, 0) is 36.8 Å². The number of primary amides is 1. The van der Waals surface area contributed by atoms with Crippen LogP contribution >= 0.6 is 0 Å². The van der Waals surface area contributed by atoms with Gasteiger partial charge in [0, 0.05) is 23.5 Å². The molecular weight excluding hydrogens is 528 g/mol. The third kappa shape index (κ3) is 8.64. The van der Waals surface area contributed by atoms with Gasteiger partial charge < -0.3 is 37.5 Å². The van der Waals surface area contributed by atoms with Crippen LogP contribution in [0.2, 0.25) is 0 Å². The maximum atomic E-state index is 13.3. The highest BCUT2D eigenvalue weighted by Crippen LogP contribution is 2.19. The summed E-state index contributed by atoms with van der Waals surface area (Å²) >= 11 is 0. The van der Waals surface area contributed by atoms with E-state index in [1.165, 1.54) is 0 Å². The van der Waals surface area contributed by atoms with Crippen molar-refractivity contribution < 1.29 is 29.1 Å². The van der Waals surface area contributed by atoms with E-state index in [0.29, 0.717) is 5.56 Å². The van der Waals surface area contributed by atoms with Crippen molar-refractivity contribution in [3.05, 3.63) is 71.9 Å². The average Bonchev–Trinajstić information content (AvgIpc) is 3.33. The summed E-state index contributed by atoms with van der Waals surface area (Å²) < 4.78 is 0. The van der Waals surface area contributed by atoms with Crippen molar-refractivity contribution in [2.24, 2.45) is 17.4 Å². The molecule has 0 fully saturated rings. The Balaban J connectivity index is 1.76. The van der Waals surface area contributed by atoms with Gasteiger partial charge in [0.1, 0.15) is 18.1 Å². The summed E-state index contributed by atoms with van der Waals surface area (Å²) in [6.45, 7) is 3.28. The molecule has 2 aromatic carbocycles. The number of nitrogens with two attached hydrogens (primary N) is 2. The van der Waals surface area contributed by atoms with Gasteiger partial charge in [-0.3, -0.25) is 19.2 Å². The highest BCUT2D eigenvalue weighted by Gasteiger charge is 2.32. The van der Waals surface area contributed by atoms with Crippen LogP contribution in [0.5, 0.6) is 0 Å². The maximum Gasteiger partial charge on any atom is 0.326 e. The van der Waals surface area contributed by atoms with Crippen molar-refractivity contribution in [3.8, 4) is 0 Å². The lowest BCUT2D eigenvalue weighted by atomic mass is 10.0. The van der Waals surface area contributed by atoms with Gasteiger partial charge in [0.15, 0.2) is 0 Å². The molecule has 4 atom stereocenters. The summed E-state index contributed by atoms with van der Waals surface area (Å²) in [6, 6.07) is 11.4. The van der Waals surface area contributed by atoms with E-state index in [1.54, 1.807) is 50.4 Å². The third-order valence-electron chi connectivity index (χ3n) is 6.64. The Hall–Kier alpha value is -4.71. The van der Waals surface area contributed by atoms with E-state index in [9.17, 15) is 29.1 Å². The number of aliphatic carboxylic acids is 1. The molecule has 12 heteroatoms. The zero-order chi connectivity index (χ0) is 30.1. The van der Waals surface area contributed by atoms with Gasteiger partial charge >= 0.3 is 5.97 Å². The molecule has 0 aliphatic carbocycles. The summed E-state index contributed by atoms with van der Waals surface area (Å²) in [5.74, 6) is -4.77. The molecule has 0 aliphatic heterocycles. The van der Waals surface area contributed by atoms with Crippen LogP contribution in [0.4, 0.5) is 0 Å². The Labute approximate surface area is 237 Å². The molecule has 0 saturated heterocycles. The van der Waals surface area contributed by atoms with Crippen LogP contribution < -0.4 is 27.4 Å². The highest BCUT2D eigenvalue weighted by atomic mass is 16.4. The largest absolute Gasteiger partial charge is 0.480 e. The van der Waals surface area contributed by atoms with Crippen molar-refractivity contribution in [3.63, 3.8) is 0 Å². The molecule has 3 aromatic rings. The molecule has 9 N–H and O–H groups in total. The Morgan fingerprint density at radius 1 is 0.829 bits per heavy atom. The van der Waals surface area contributed by atoms with Gasteiger partial charge in [0.05, 0.1) is 12.5 Å². The lowest BCUT2D eigenvalue weighted by Gasteiger charge is -2.26. The quantitative estimate of drug-likeness (QED) is 0.146. The van der Waals surface area contributed by atoms with Gasteiger partial charge in [-0.1, -0.05) is 62.4 Å². The van der Waals surface area contributed by atoms with E-state index in [4.69, 9.17) is 11.5 Å². The zero-order valence-corrected chi connectivity index (χ0v) is 22.9. The summed E-state index contributed by atoms with van der Waals surface area (Å²) in [5, 5.41) is 17.9. The standard InChI is InChI=1S/C29H36N6O6/c1-16(2)25(29(40)41)35-28(39)22(12-17-8-4-3-5-9-17)34-27(38)23(14-24(31)36)33-26(37)20(30)13-18-15-32-21-11-7-6-10-19(18)21/h3-11,15-16,20,22-23,25,32H,12-14,30H2,1-2H3,(H2,31,36)(H,33,37)(H,34,38)(H,35,39)(H,40,41). The van der Waals surface area contributed by atoms with Gasteiger partial charge in [0.2, 0.25) is 23.6 Å². The van der Waals surface area contributed by atoms with Crippen LogP contribution in [0.3, 0.4) is 0 Å². The van der Waals surface area contributed by atoms with Gasteiger partial charge in [-0.25, -0.2) is 4.79 Å². The first-order valence-corrected chi connectivity index (χ1v) is 13.2. The second kappa shape index (κ2) is 14.1. The molecule has 41 heavy (non-hydrogen) atoms. The minimum absolute atomic E-state index is 0.0279. The molecule has 0 aliphatic rings. The second-order valence-corrected chi connectivity index (χ2v) is 10.2. The monoisotopic (exact) mass is 564 g/mol. The van der Waals surface area contributed by atoms with Crippen LogP contribution in [0.1, 0.15) is 31.4 Å². The predicted octanol–water partition coefficient (Wildman–Crippen LogP) is 0.351. The molecule has 4 amide bonds. The Morgan fingerprint density at radius 3 is 2.07 bits per heavy atom. The van der Waals surface area contributed by atoms with Crippen LogP contribution in [-0.4, -0.2) is 63.9 Å². The summed E-state index contributed by atoms with van der Waals surface area (Å²) in [5.41, 5.74) is 13.9. The predicted molar refractivity (Wildman–Crippen MR) is 152 cm³/mol. The number of carboxylic acids is 1. The maximum absolute atomic E-state index is 13.3. The number of aromatic amines is 1. The van der Waals surface area contributed by atoms with Crippen molar-refractivity contribution in [2.75, 3.05) is 0 Å². The van der Waals surface area contributed by atoms with E-state index >= 15 is 0 Å². The average molecular weight is 565 g/mol. The number of nitrogens with one attached hydrogen (secondary N) is 4. The number of H-pyrrole nitrogens is 1. The summed E-state index contributed by atoms with van der Waals surface area (Å²) in [6.07, 6.45) is 1.40. The summed E-state index contributed by atoms with van der Waals surface area (Å²) in [7, 11) is 0. The summed E-state index contributed by atoms with van der Waals surface area (Å²) in [4.78, 5) is 66.0. The second-order valence-electron chi connectivity index (χ2n) is 10.2. The number of hydrogen-bond acceptors (Lipinski definition) is 6.